The van der Waals surface area contributed by atoms with Gasteiger partial charge >= 0.3 is 5.97 Å². The molecule has 1 heterocycles. The summed E-state index contributed by atoms with van der Waals surface area (Å²) in [5, 5.41) is 8.69. The fourth-order valence-electron chi connectivity index (χ4n) is 1.27. The summed E-state index contributed by atoms with van der Waals surface area (Å²) in [6.07, 6.45) is 2.05. The van der Waals surface area contributed by atoms with E-state index in [-0.39, 0.29) is 9.56 Å². The standard InChI is InChI=1S/C9H10BrNO5S/c10-8-7(3-6(16-8)9(12)13)17(14,15)11-4-5-1-2-5/h3,5,11H,1-2,4H2,(H,12,13). The molecule has 0 radical (unpaired) electrons. The summed E-state index contributed by atoms with van der Waals surface area (Å²) in [4.78, 5) is 10.5. The third-order valence-electron chi connectivity index (χ3n) is 2.41. The Morgan fingerprint density at radius 1 is 1.59 bits per heavy atom. The highest BCUT2D eigenvalue weighted by Crippen LogP contribution is 2.30. The van der Waals surface area contributed by atoms with Crippen molar-refractivity contribution < 1.29 is 22.7 Å². The maximum Gasteiger partial charge on any atom is 0.371 e. The van der Waals surface area contributed by atoms with E-state index in [9.17, 15) is 13.2 Å². The largest absolute Gasteiger partial charge is 0.475 e. The molecular weight excluding hydrogens is 314 g/mol. The Labute approximate surface area is 106 Å². The van der Waals surface area contributed by atoms with E-state index in [0.717, 1.165) is 18.9 Å². The Bertz CT molecular complexity index is 546. The SMILES string of the molecule is O=C(O)c1cc(S(=O)(=O)NCC2CC2)c(Br)o1. The van der Waals surface area contributed by atoms with E-state index in [1.54, 1.807) is 0 Å². The summed E-state index contributed by atoms with van der Waals surface area (Å²) in [5.41, 5.74) is 0. The van der Waals surface area contributed by atoms with Crippen LogP contribution in [0, 0.1) is 5.92 Å². The first kappa shape index (κ1) is 12.6. The number of sulfonamides is 1. The molecule has 2 N–H and O–H groups in total. The maximum atomic E-state index is 11.8. The van der Waals surface area contributed by atoms with Crippen LogP contribution in [-0.4, -0.2) is 26.0 Å². The summed E-state index contributed by atoms with van der Waals surface area (Å²) in [7, 11) is -3.71. The van der Waals surface area contributed by atoms with Gasteiger partial charge in [0.25, 0.3) is 0 Å². The number of hydrogen-bond acceptors (Lipinski definition) is 4. The Hall–Kier alpha value is -0.860. The zero-order chi connectivity index (χ0) is 12.6. The lowest BCUT2D eigenvalue weighted by Gasteiger charge is -2.03. The van der Waals surface area contributed by atoms with Gasteiger partial charge in [0.15, 0.2) is 4.67 Å². The van der Waals surface area contributed by atoms with Crippen LogP contribution in [0.1, 0.15) is 23.4 Å². The van der Waals surface area contributed by atoms with Gasteiger partial charge in [-0.15, -0.1) is 0 Å². The molecule has 94 valence electrons. The van der Waals surface area contributed by atoms with Crippen LogP contribution >= 0.6 is 15.9 Å². The van der Waals surface area contributed by atoms with Gasteiger partial charge < -0.3 is 9.52 Å². The average molecular weight is 324 g/mol. The van der Waals surface area contributed by atoms with E-state index in [0.29, 0.717) is 12.5 Å². The van der Waals surface area contributed by atoms with Crippen molar-refractivity contribution in [1.29, 1.82) is 0 Å². The van der Waals surface area contributed by atoms with E-state index < -0.39 is 21.8 Å². The Kier molecular flexibility index (Phi) is 3.28. The quantitative estimate of drug-likeness (QED) is 0.854. The molecule has 0 spiro atoms. The van der Waals surface area contributed by atoms with Gasteiger partial charge in [0, 0.05) is 12.6 Å². The molecule has 1 aliphatic carbocycles. The monoisotopic (exact) mass is 323 g/mol. The van der Waals surface area contributed by atoms with Crippen molar-refractivity contribution in [1.82, 2.24) is 4.72 Å². The lowest BCUT2D eigenvalue weighted by Crippen LogP contribution is -2.25. The summed E-state index contributed by atoms with van der Waals surface area (Å²) >= 11 is 2.89. The van der Waals surface area contributed by atoms with Crippen LogP contribution in [-0.2, 0) is 10.0 Å². The molecular formula is C9H10BrNO5S. The normalized spacial score (nSPS) is 16.1. The third-order valence-corrected chi connectivity index (χ3v) is 4.70. The first-order valence-electron chi connectivity index (χ1n) is 4.92. The molecule has 6 nitrogen and oxygen atoms in total. The third kappa shape index (κ3) is 2.88. The van der Waals surface area contributed by atoms with E-state index >= 15 is 0 Å². The lowest BCUT2D eigenvalue weighted by atomic mass is 10.4. The Balaban J connectivity index is 2.21. The topological polar surface area (TPSA) is 96.6 Å². The number of hydrogen-bond donors (Lipinski definition) is 2. The average Bonchev–Trinajstić information content (AvgIpc) is 2.97. The zero-order valence-corrected chi connectivity index (χ0v) is 11.0. The van der Waals surface area contributed by atoms with Crippen LogP contribution in [0.25, 0.3) is 0 Å². The van der Waals surface area contributed by atoms with Crippen LogP contribution < -0.4 is 4.72 Å². The van der Waals surface area contributed by atoms with Gasteiger partial charge in [-0.05, 0) is 34.7 Å². The molecule has 0 saturated heterocycles. The molecule has 1 aromatic heterocycles. The minimum absolute atomic E-state index is 0.0989. The molecule has 0 amide bonds. The van der Waals surface area contributed by atoms with Gasteiger partial charge in [-0.3, -0.25) is 0 Å². The van der Waals surface area contributed by atoms with Gasteiger partial charge in [0.1, 0.15) is 4.90 Å². The lowest BCUT2D eigenvalue weighted by molar-refractivity contribution is 0.0661. The number of halogens is 1. The van der Waals surface area contributed by atoms with Crippen LogP contribution in [0.5, 0.6) is 0 Å². The van der Waals surface area contributed by atoms with Gasteiger partial charge in [0.2, 0.25) is 15.8 Å². The smallest absolute Gasteiger partial charge is 0.371 e. The van der Waals surface area contributed by atoms with Crippen LogP contribution in [0.15, 0.2) is 20.0 Å². The molecule has 0 unspecified atom stereocenters. The fraction of sp³-hybridized carbons (Fsp3) is 0.444. The van der Waals surface area contributed by atoms with Crippen LogP contribution in [0.2, 0.25) is 0 Å². The first-order valence-corrected chi connectivity index (χ1v) is 7.20. The zero-order valence-electron chi connectivity index (χ0n) is 8.64. The number of carboxylic acids is 1. The second kappa shape index (κ2) is 4.43. The van der Waals surface area contributed by atoms with Crippen molar-refractivity contribution in [2.24, 2.45) is 5.92 Å². The summed E-state index contributed by atoms with van der Waals surface area (Å²) in [6.45, 7) is 0.377. The molecule has 0 atom stereocenters. The number of aromatic carboxylic acids is 1. The van der Waals surface area contributed by atoms with Crippen LogP contribution in [0.3, 0.4) is 0 Å². The number of carbonyl (C=O) groups is 1. The van der Waals surface area contributed by atoms with E-state index in [1.165, 1.54) is 0 Å². The molecule has 0 bridgehead atoms. The highest BCUT2D eigenvalue weighted by Gasteiger charge is 2.28. The molecule has 17 heavy (non-hydrogen) atoms. The number of furan rings is 1. The van der Waals surface area contributed by atoms with Crippen LogP contribution in [0.4, 0.5) is 0 Å². The molecule has 1 saturated carbocycles. The van der Waals surface area contributed by atoms with Crippen molar-refractivity contribution in [3.8, 4) is 0 Å². The van der Waals surface area contributed by atoms with Crippen molar-refractivity contribution in [2.45, 2.75) is 17.7 Å². The fourth-order valence-corrected chi connectivity index (χ4v) is 3.32. The molecule has 8 heteroatoms. The molecule has 1 aliphatic rings. The highest BCUT2D eigenvalue weighted by molar-refractivity contribution is 9.10. The van der Waals surface area contributed by atoms with Gasteiger partial charge in [-0.1, -0.05) is 0 Å². The van der Waals surface area contributed by atoms with Crippen molar-refractivity contribution in [3.63, 3.8) is 0 Å². The summed E-state index contributed by atoms with van der Waals surface area (Å²) in [5.74, 6) is -1.33. The Morgan fingerprint density at radius 2 is 2.24 bits per heavy atom. The minimum Gasteiger partial charge on any atom is -0.475 e. The van der Waals surface area contributed by atoms with Gasteiger partial charge in [-0.2, -0.15) is 0 Å². The maximum absolute atomic E-state index is 11.8. The molecule has 1 aromatic rings. The van der Waals surface area contributed by atoms with E-state index in [4.69, 9.17) is 9.52 Å². The summed E-state index contributed by atoms with van der Waals surface area (Å²) < 4.78 is 30.8. The predicted molar refractivity (Wildman–Crippen MR) is 61.3 cm³/mol. The second-order valence-corrected chi connectivity index (χ2v) is 6.30. The molecule has 2 rings (SSSR count). The second-order valence-electron chi connectivity index (χ2n) is 3.85. The van der Waals surface area contributed by atoms with E-state index in [1.807, 2.05) is 0 Å². The van der Waals surface area contributed by atoms with Gasteiger partial charge in [-0.25, -0.2) is 17.9 Å². The molecule has 0 aromatic carbocycles. The van der Waals surface area contributed by atoms with Crippen molar-refractivity contribution in [2.75, 3.05) is 6.54 Å². The molecule has 0 aliphatic heterocycles. The summed E-state index contributed by atoms with van der Waals surface area (Å²) in [6, 6.07) is 0.988. The van der Waals surface area contributed by atoms with E-state index in [2.05, 4.69) is 20.7 Å². The number of nitrogens with one attached hydrogen (secondary N) is 1. The van der Waals surface area contributed by atoms with Gasteiger partial charge in [0.05, 0.1) is 0 Å². The number of rotatable bonds is 5. The predicted octanol–water partition coefficient (Wildman–Crippen LogP) is 1.43. The highest BCUT2D eigenvalue weighted by atomic mass is 79.9. The molecule has 1 fully saturated rings. The van der Waals surface area contributed by atoms with Crippen molar-refractivity contribution >= 4 is 31.9 Å². The number of carboxylic acid groups (broad SMARTS) is 1. The first-order chi connectivity index (χ1) is 7.90. The van der Waals surface area contributed by atoms with Crippen molar-refractivity contribution in [3.05, 3.63) is 16.5 Å². The minimum atomic E-state index is -3.71. The Morgan fingerprint density at radius 3 is 2.71 bits per heavy atom.